The number of para-hydroxylation sites is 1. The average molecular weight is 482 g/mol. The molecule has 0 saturated carbocycles. The van der Waals surface area contributed by atoms with Crippen LogP contribution in [0.4, 0.5) is 0 Å². The highest BCUT2D eigenvalue weighted by atomic mass is 35.5. The zero-order chi connectivity index (χ0) is 24.1. The molecule has 2 aromatic heterocycles. The molecule has 0 aliphatic carbocycles. The summed E-state index contributed by atoms with van der Waals surface area (Å²) >= 11 is 6.01. The van der Waals surface area contributed by atoms with Crippen molar-refractivity contribution in [2.45, 2.75) is 45.8 Å². The molecule has 0 radical (unpaired) electrons. The second-order valence-corrected chi connectivity index (χ2v) is 8.85. The number of hydrogen-bond donors (Lipinski definition) is 1. The Morgan fingerprint density at radius 1 is 1.12 bits per heavy atom. The minimum absolute atomic E-state index is 0.0555. The van der Waals surface area contributed by atoms with Crippen LogP contribution in [-0.4, -0.2) is 44.3 Å². The molecule has 8 nitrogen and oxygen atoms in total. The first-order chi connectivity index (χ1) is 16.4. The molecule has 0 atom stereocenters. The van der Waals surface area contributed by atoms with Gasteiger partial charge in [-0.2, -0.15) is 0 Å². The number of benzene rings is 2. The molecule has 0 saturated heterocycles. The van der Waals surface area contributed by atoms with Crippen LogP contribution in [0.3, 0.4) is 0 Å². The van der Waals surface area contributed by atoms with Crippen LogP contribution in [0.5, 0.6) is 0 Å². The van der Waals surface area contributed by atoms with E-state index in [1.807, 2.05) is 48.6 Å². The van der Waals surface area contributed by atoms with Crippen LogP contribution in [0.25, 0.3) is 16.7 Å². The maximum Gasteiger partial charge on any atom is 0.263 e. The molecular weight excluding hydrogens is 454 g/mol. The summed E-state index contributed by atoms with van der Waals surface area (Å²) in [6.45, 7) is 5.49. The SMILES string of the molecule is CC(C)OCCCNC(=O)CCc1nnc2n(Cc3ccc(Cl)cc3)c(=O)c3ccccc3n12. The van der Waals surface area contributed by atoms with Crippen molar-refractivity contribution in [2.24, 2.45) is 0 Å². The first-order valence-corrected chi connectivity index (χ1v) is 11.8. The second-order valence-electron chi connectivity index (χ2n) is 8.41. The molecule has 2 heterocycles. The molecule has 178 valence electrons. The molecule has 34 heavy (non-hydrogen) atoms. The molecule has 0 fully saturated rings. The predicted octanol–water partition coefficient (Wildman–Crippen LogP) is 3.61. The number of aromatic nitrogens is 4. The van der Waals surface area contributed by atoms with Crippen molar-refractivity contribution in [3.8, 4) is 0 Å². The van der Waals surface area contributed by atoms with Gasteiger partial charge in [-0.15, -0.1) is 10.2 Å². The Bertz CT molecular complexity index is 1340. The fourth-order valence-corrected chi connectivity index (χ4v) is 3.95. The minimum atomic E-state index is -0.140. The highest BCUT2D eigenvalue weighted by Crippen LogP contribution is 2.17. The second kappa shape index (κ2) is 10.8. The third kappa shape index (κ3) is 5.46. The lowest BCUT2D eigenvalue weighted by atomic mass is 10.2. The number of halogens is 1. The van der Waals surface area contributed by atoms with Gasteiger partial charge in [0, 0.05) is 31.0 Å². The van der Waals surface area contributed by atoms with Gasteiger partial charge in [0.05, 0.1) is 23.6 Å². The minimum Gasteiger partial charge on any atom is -0.379 e. The van der Waals surface area contributed by atoms with Gasteiger partial charge in [0.1, 0.15) is 5.82 Å². The Hall–Kier alpha value is -3.23. The van der Waals surface area contributed by atoms with Crippen molar-refractivity contribution < 1.29 is 9.53 Å². The summed E-state index contributed by atoms with van der Waals surface area (Å²) in [6.07, 6.45) is 1.62. The van der Waals surface area contributed by atoms with Gasteiger partial charge in [-0.1, -0.05) is 35.9 Å². The lowest BCUT2D eigenvalue weighted by molar-refractivity contribution is -0.121. The van der Waals surface area contributed by atoms with Crippen molar-refractivity contribution in [2.75, 3.05) is 13.2 Å². The van der Waals surface area contributed by atoms with Crippen LogP contribution in [0.2, 0.25) is 5.02 Å². The number of carbonyl (C=O) groups excluding carboxylic acids is 1. The summed E-state index contributed by atoms with van der Waals surface area (Å²) in [6, 6.07) is 14.7. The van der Waals surface area contributed by atoms with Crippen LogP contribution >= 0.6 is 11.6 Å². The Kier molecular flexibility index (Phi) is 7.59. The molecule has 9 heteroatoms. The van der Waals surface area contributed by atoms with Crippen molar-refractivity contribution in [1.82, 2.24) is 24.5 Å². The van der Waals surface area contributed by atoms with Gasteiger partial charge < -0.3 is 10.1 Å². The molecule has 0 spiro atoms. The smallest absolute Gasteiger partial charge is 0.263 e. The molecule has 2 aromatic carbocycles. The van der Waals surface area contributed by atoms with Crippen LogP contribution < -0.4 is 10.9 Å². The Balaban J connectivity index is 1.57. The van der Waals surface area contributed by atoms with E-state index in [1.165, 1.54) is 0 Å². The van der Waals surface area contributed by atoms with Gasteiger partial charge in [-0.3, -0.25) is 18.6 Å². The molecule has 0 bridgehead atoms. The van der Waals surface area contributed by atoms with Crippen molar-refractivity contribution in [3.63, 3.8) is 0 Å². The fraction of sp³-hybridized carbons (Fsp3) is 0.360. The van der Waals surface area contributed by atoms with E-state index in [9.17, 15) is 9.59 Å². The van der Waals surface area contributed by atoms with E-state index in [0.29, 0.717) is 48.1 Å². The van der Waals surface area contributed by atoms with Crippen molar-refractivity contribution >= 4 is 34.2 Å². The zero-order valence-corrected chi connectivity index (χ0v) is 20.1. The normalized spacial score (nSPS) is 11.5. The third-order valence-corrected chi connectivity index (χ3v) is 5.75. The van der Waals surface area contributed by atoms with E-state index < -0.39 is 0 Å². The van der Waals surface area contributed by atoms with Crippen LogP contribution in [-0.2, 0) is 22.5 Å². The van der Waals surface area contributed by atoms with Gasteiger partial charge >= 0.3 is 0 Å². The molecule has 0 aliphatic rings. The number of nitrogens with one attached hydrogen (secondary N) is 1. The Morgan fingerprint density at radius 3 is 2.65 bits per heavy atom. The molecule has 1 amide bonds. The third-order valence-electron chi connectivity index (χ3n) is 5.50. The number of ether oxygens (including phenoxy) is 1. The molecule has 1 N–H and O–H groups in total. The molecule has 4 rings (SSSR count). The summed E-state index contributed by atoms with van der Waals surface area (Å²) in [5.74, 6) is 1.02. The molecule has 0 aliphatic heterocycles. The summed E-state index contributed by atoms with van der Waals surface area (Å²) in [7, 11) is 0. The Labute approximate surface area is 202 Å². The number of fused-ring (bicyclic) bond motifs is 3. The quantitative estimate of drug-likeness (QED) is 0.349. The largest absolute Gasteiger partial charge is 0.379 e. The highest BCUT2D eigenvalue weighted by Gasteiger charge is 2.17. The molecule has 4 aromatic rings. The standard InChI is InChI=1S/C25H28ClN5O3/c1-17(2)34-15-5-14-27-23(32)13-12-22-28-29-25-30(16-18-8-10-19(26)11-9-18)24(33)20-6-3-4-7-21(20)31(22)25/h3-4,6-11,17H,5,12-16H2,1-2H3,(H,27,32). The van der Waals surface area contributed by atoms with E-state index in [0.717, 1.165) is 17.5 Å². The monoisotopic (exact) mass is 481 g/mol. The first kappa shape index (κ1) is 23.9. The summed E-state index contributed by atoms with van der Waals surface area (Å²) in [5, 5.41) is 12.8. The lowest BCUT2D eigenvalue weighted by Crippen LogP contribution is -2.26. The van der Waals surface area contributed by atoms with Gasteiger partial charge in [0.25, 0.3) is 5.56 Å². The lowest BCUT2D eigenvalue weighted by Gasteiger charge is -2.12. The number of carbonyl (C=O) groups is 1. The maximum absolute atomic E-state index is 13.3. The number of nitrogens with zero attached hydrogens (tertiary/aromatic N) is 4. The van der Waals surface area contributed by atoms with Gasteiger partial charge in [-0.25, -0.2) is 0 Å². The molecular formula is C25H28ClN5O3. The van der Waals surface area contributed by atoms with E-state index >= 15 is 0 Å². The van der Waals surface area contributed by atoms with E-state index in [4.69, 9.17) is 16.3 Å². The van der Waals surface area contributed by atoms with Crippen LogP contribution in [0.1, 0.15) is 38.1 Å². The van der Waals surface area contributed by atoms with E-state index in [-0.39, 0.29) is 24.0 Å². The first-order valence-electron chi connectivity index (χ1n) is 11.4. The number of rotatable bonds is 10. The maximum atomic E-state index is 13.3. The van der Waals surface area contributed by atoms with Crippen LogP contribution in [0.15, 0.2) is 53.3 Å². The van der Waals surface area contributed by atoms with E-state index in [2.05, 4.69) is 15.5 Å². The van der Waals surface area contributed by atoms with Crippen LogP contribution in [0, 0.1) is 0 Å². The van der Waals surface area contributed by atoms with Gasteiger partial charge in [0.2, 0.25) is 11.7 Å². The molecule has 0 unspecified atom stereocenters. The number of amides is 1. The summed E-state index contributed by atoms with van der Waals surface area (Å²) < 4.78 is 8.97. The van der Waals surface area contributed by atoms with E-state index in [1.54, 1.807) is 22.8 Å². The zero-order valence-electron chi connectivity index (χ0n) is 19.3. The summed E-state index contributed by atoms with van der Waals surface area (Å²) in [4.78, 5) is 25.6. The topological polar surface area (TPSA) is 90.5 Å². The van der Waals surface area contributed by atoms with Gasteiger partial charge in [-0.05, 0) is 50.1 Å². The fourth-order valence-electron chi connectivity index (χ4n) is 3.82. The average Bonchev–Trinajstić information content (AvgIpc) is 3.25. The Morgan fingerprint density at radius 2 is 1.88 bits per heavy atom. The number of hydrogen-bond acceptors (Lipinski definition) is 5. The van der Waals surface area contributed by atoms with Gasteiger partial charge in [0.15, 0.2) is 0 Å². The van der Waals surface area contributed by atoms with Crippen molar-refractivity contribution in [1.29, 1.82) is 0 Å². The van der Waals surface area contributed by atoms with Crippen molar-refractivity contribution in [3.05, 3.63) is 75.3 Å². The highest BCUT2D eigenvalue weighted by molar-refractivity contribution is 6.30. The predicted molar refractivity (Wildman–Crippen MR) is 132 cm³/mol. The summed E-state index contributed by atoms with van der Waals surface area (Å²) in [5.41, 5.74) is 1.51. The number of aryl methyl sites for hydroxylation is 1.